The smallest absolute Gasteiger partial charge is 1.00 e. The van der Waals surface area contributed by atoms with Crippen LogP contribution in [0.3, 0.4) is 0 Å². The van der Waals surface area contributed by atoms with E-state index in [1.165, 1.54) is 0 Å². The van der Waals surface area contributed by atoms with Crippen LogP contribution in [0.25, 0.3) is 0 Å². The minimum atomic E-state index is -10.7. The fraction of sp³-hybridized carbons (Fsp3) is 1.00. The Morgan fingerprint density at radius 1 is 0.611 bits per heavy atom. The number of rotatable bonds is 3. The molecule has 0 saturated carbocycles. The zero-order valence-electron chi connectivity index (χ0n) is 10.9. The summed E-state index contributed by atoms with van der Waals surface area (Å²) in [5.41, 5.74) is 0. The molecule has 0 bridgehead atoms. The van der Waals surface area contributed by atoms with Crippen molar-refractivity contribution >= 4 is 16.2 Å². The largest absolute Gasteiger partial charge is 1.00 e. The molecule has 0 amide bonds. The Hall–Kier alpha value is 0.800. The maximum Gasteiger partial charge on any atom is -1.00 e. The SMILES string of the molecule is CN(C)[PH+](N(C)C)N(C)C.F[P-](F)(F)(F)(F)F.[Br-]. The van der Waals surface area contributed by atoms with E-state index in [4.69, 9.17) is 0 Å². The molecule has 0 aromatic carbocycles. The van der Waals surface area contributed by atoms with Crippen LogP contribution in [0.2, 0.25) is 0 Å². The monoisotopic (exact) mass is 388 g/mol. The van der Waals surface area contributed by atoms with Gasteiger partial charge in [0.15, 0.2) is 0 Å². The second-order valence-electron chi connectivity index (χ2n) is 3.94. The zero-order chi connectivity index (χ0) is 14.7. The third-order valence-corrected chi connectivity index (χ3v) is 3.60. The summed E-state index contributed by atoms with van der Waals surface area (Å²) in [4.78, 5) is 0. The molecular weight excluding hydrogens is 370 g/mol. The summed E-state index contributed by atoms with van der Waals surface area (Å²) in [6.07, 6.45) is 0. The van der Waals surface area contributed by atoms with Crippen LogP contribution in [0.4, 0.5) is 25.2 Å². The van der Waals surface area contributed by atoms with Crippen LogP contribution in [0.15, 0.2) is 0 Å². The third-order valence-electron chi connectivity index (χ3n) is 1.20. The van der Waals surface area contributed by atoms with Crippen LogP contribution >= 0.6 is 16.2 Å². The summed E-state index contributed by atoms with van der Waals surface area (Å²) in [7, 11) is 1.46. The average molecular weight is 389 g/mol. The predicted molar refractivity (Wildman–Crippen MR) is 62.9 cm³/mol. The van der Waals surface area contributed by atoms with Crippen molar-refractivity contribution in [2.75, 3.05) is 42.3 Å². The molecule has 0 spiro atoms. The Kier molecular flexibility index (Phi) is 8.62. The van der Waals surface area contributed by atoms with Gasteiger partial charge in [-0.2, -0.15) is 14.0 Å². The normalized spacial score (nSPS) is 16.0. The van der Waals surface area contributed by atoms with Crippen molar-refractivity contribution in [2.45, 2.75) is 0 Å². The summed E-state index contributed by atoms with van der Waals surface area (Å²) in [5, 5.41) is 0. The topological polar surface area (TPSA) is 9.72 Å². The molecule has 0 atom stereocenters. The van der Waals surface area contributed by atoms with Crippen molar-refractivity contribution < 1.29 is 42.2 Å². The van der Waals surface area contributed by atoms with Crippen LogP contribution in [0.1, 0.15) is 0 Å². The van der Waals surface area contributed by atoms with Crippen molar-refractivity contribution in [3.63, 3.8) is 0 Å². The van der Waals surface area contributed by atoms with Crippen molar-refractivity contribution in [3.8, 4) is 0 Å². The Balaban J connectivity index is -0.000000251. The van der Waals surface area contributed by atoms with E-state index in [2.05, 4.69) is 56.3 Å². The first-order valence-electron chi connectivity index (χ1n) is 4.37. The van der Waals surface area contributed by atoms with E-state index >= 15 is 0 Å². The molecule has 0 saturated heterocycles. The predicted octanol–water partition coefficient (Wildman–Crippen LogP) is 1.02. The molecule has 0 aliphatic carbocycles. The minimum absolute atomic E-state index is 0. The van der Waals surface area contributed by atoms with Gasteiger partial charge in [-0.05, 0) is 0 Å². The molecule has 0 heterocycles. The van der Waals surface area contributed by atoms with Gasteiger partial charge >= 0.3 is 33.0 Å². The summed E-state index contributed by atoms with van der Waals surface area (Å²) in [6.45, 7) is 0. The molecule has 12 heteroatoms. The molecule has 0 fully saturated rings. The molecule has 0 aromatic heterocycles. The van der Waals surface area contributed by atoms with E-state index in [1.807, 2.05) is 0 Å². The first kappa shape index (κ1) is 23.9. The number of hydrogen-bond acceptors (Lipinski definition) is 3. The fourth-order valence-electron chi connectivity index (χ4n) is 1.20. The Labute approximate surface area is 115 Å². The van der Waals surface area contributed by atoms with E-state index in [-0.39, 0.29) is 17.0 Å². The van der Waals surface area contributed by atoms with Crippen LogP contribution in [-0.2, 0) is 0 Å². The number of halogens is 7. The van der Waals surface area contributed by atoms with Gasteiger partial charge in [-0.3, -0.25) is 0 Å². The summed E-state index contributed by atoms with van der Waals surface area (Å²) >= 11 is 0. The molecule has 0 rings (SSSR count). The van der Waals surface area contributed by atoms with Gasteiger partial charge in [0.05, 0.1) is 0 Å². The number of hydrogen-bond donors (Lipinski definition) is 0. The van der Waals surface area contributed by atoms with Crippen molar-refractivity contribution in [3.05, 3.63) is 0 Å². The van der Waals surface area contributed by atoms with E-state index in [0.29, 0.717) is 0 Å². The standard InChI is InChI=1S/C6H18N3P.BrH.F6P/c1-7(2)10(8(3)4)9(5)6;;1-7(2,3,4,5)6/h1-6H3;1H;/q;;-1. The summed E-state index contributed by atoms with van der Waals surface area (Å²) in [5.74, 6) is 0. The van der Waals surface area contributed by atoms with Gasteiger partial charge < -0.3 is 17.0 Å². The second-order valence-corrected chi connectivity index (χ2v) is 9.14. The average Bonchev–Trinajstić information content (AvgIpc) is 1.73. The van der Waals surface area contributed by atoms with Crippen molar-refractivity contribution in [1.29, 1.82) is 0 Å². The second kappa shape index (κ2) is 6.50. The molecule has 0 radical (unpaired) electrons. The molecule has 0 aliphatic rings. The zero-order valence-corrected chi connectivity index (χ0v) is 14.4. The fourth-order valence-corrected chi connectivity index (χ4v) is 3.60. The molecule has 0 aromatic rings. The third kappa shape index (κ3) is 25.6. The van der Waals surface area contributed by atoms with Gasteiger partial charge in [0, 0.05) is 42.3 Å². The molecule has 118 valence electrons. The Bertz CT molecular complexity index is 210. The molecule has 0 unspecified atom stereocenters. The van der Waals surface area contributed by atoms with Gasteiger partial charge in [0.25, 0.3) is 0 Å². The quantitative estimate of drug-likeness (QED) is 0.528. The molecule has 18 heavy (non-hydrogen) atoms. The van der Waals surface area contributed by atoms with Crippen LogP contribution in [0.5, 0.6) is 0 Å². The van der Waals surface area contributed by atoms with E-state index in [1.54, 1.807) is 0 Å². The molecule has 0 N–H and O–H groups in total. The van der Waals surface area contributed by atoms with Crippen molar-refractivity contribution in [2.24, 2.45) is 0 Å². The minimum Gasteiger partial charge on any atom is -1.00 e. The van der Waals surface area contributed by atoms with E-state index in [0.717, 1.165) is 0 Å². The van der Waals surface area contributed by atoms with Gasteiger partial charge in [-0.1, -0.05) is 0 Å². The molecule has 3 nitrogen and oxygen atoms in total. The van der Waals surface area contributed by atoms with Crippen molar-refractivity contribution in [1.82, 2.24) is 14.0 Å². The van der Waals surface area contributed by atoms with Gasteiger partial charge in [0.1, 0.15) is 0 Å². The van der Waals surface area contributed by atoms with Crippen LogP contribution < -0.4 is 17.0 Å². The maximum absolute atomic E-state index is 10.7. The summed E-state index contributed by atoms with van der Waals surface area (Å²) in [6, 6.07) is 0. The Morgan fingerprint density at radius 2 is 0.722 bits per heavy atom. The number of nitrogens with zero attached hydrogens (tertiary/aromatic N) is 3. The van der Waals surface area contributed by atoms with Gasteiger partial charge in [-0.25, -0.2) is 0 Å². The van der Waals surface area contributed by atoms with Crippen LogP contribution in [0, 0.1) is 0 Å². The van der Waals surface area contributed by atoms with Gasteiger partial charge in [-0.15, -0.1) is 0 Å². The van der Waals surface area contributed by atoms with E-state index < -0.39 is 16.2 Å². The Morgan fingerprint density at radius 3 is 0.722 bits per heavy atom. The first-order chi connectivity index (χ1) is 6.91. The maximum atomic E-state index is 9.87. The molecule has 0 aliphatic heterocycles. The van der Waals surface area contributed by atoms with E-state index in [9.17, 15) is 25.2 Å². The van der Waals surface area contributed by atoms with Gasteiger partial charge in [0.2, 0.25) is 8.37 Å². The summed E-state index contributed by atoms with van der Waals surface area (Å²) < 4.78 is 66.0. The van der Waals surface area contributed by atoms with Crippen LogP contribution in [-0.4, -0.2) is 56.3 Å². The molecular formula is C6H19BrF6N3P2-. The first-order valence-corrected chi connectivity index (χ1v) is 7.74.